The van der Waals surface area contributed by atoms with Crippen molar-refractivity contribution >= 4 is 11.6 Å². The standard InChI is InChI=1S/C20H18F2N2O2/c1-3-5-17-24-19(12(2)26-17)13-8-10-14(11-9-13)23-20(25)18-15(21)6-4-7-16(18)22/h4,6-11H,3,5H2,1-2H3,(H,23,25). The number of halogens is 2. The van der Waals surface area contributed by atoms with Crippen molar-refractivity contribution in [2.24, 2.45) is 0 Å². The highest BCUT2D eigenvalue weighted by atomic mass is 19.1. The maximum Gasteiger partial charge on any atom is 0.261 e. The Morgan fingerprint density at radius 1 is 1.12 bits per heavy atom. The second kappa shape index (κ2) is 7.47. The number of oxazole rings is 1. The fourth-order valence-corrected chi connectivity index (χ4v) is 2.66. The fourth-order valence-electron chi connectivity index (χ4n) is 2.66. The first-order valence-electron chi connectivity index (χ1n) is 8.31. The SMILES string of the molecule is CCCc1nc(-c2ccc(NC(=O)c3c(F)cccc3F)cc2)c(C)o1. The number of anilines is 1. The topological polar surface area (TPSA) is 55.1 Å². The third-order valence-corrected chi connectivity index (χ3v) is 3.91. The predicted molar refractivity (Wildman–Crippen MR) is 95.0 cm³/mol. The Hall–Kier alpha value is -3.02. The van der Waals surface area contributed by atoms with E-state index in [0.29, 0.717) is 11.6 Å². The van der Waals surface area contributed by atoms with E-state index in [1.165, 1.54) is 6.07 Å². The zero-order valence-corrected chi connectivity index (χ0v) is 14.5. The van der Waals surface area contributed by atoms with Crippen molar-refractivity contribution in [3.05, 3.63) is 71.3 Å². The highest BCUT2D eigenvalue weighted by molar-refractivity contribution is 6.04. The molecule has 6 heteroatoms. The second-order valence-corrected chi connectivity index (χ2v) is 5.89. The molecule has 134 valence electrons. The molecule has 3 rings (SSSR count). The van der Waals surface area contributed by atoms with Gasteiger partial charge in [-0.05, 0) is 37.6 Å². The molecule has 0 saturated heterocycles. The summed E-state index contributed by atoms with van der Waals surface area (Å²) in [5.41, 5.74) is 1.40. The van der Waals surface area contributed by atoms with Crippen LogP contribution in [0.4, 0.5) is 14.5 Å². The molecule has 4 nitrogen and oxygen atoms in total. The number of hydrogen-bond acceptors (Lipinski definition) is 3. The molecule has 0 atom stereocenters. The van der Waals surface area contributed by atoms with Crippen LogP contribution in [0.25, 0.3) is 11.3 Å². The summed E-state index contributed by atoms with van der Waals surface area (Å²) in [4.78, 5) is 16.6. The van der Waals surface area contributed by atoms with Gasteiger partial charge in [0.15, 0.2) is 5.89 Å². The fraction of sp³-hybridized carbons (Fsp3) is 0.200. The minimum atomic E-state index is -0.902. The maximum atomic E-state index is 13.7. The summed E-state index contributed by atoms with van der Waals surface area (Å²) in [5.74, 6) is -1.23. The Morgan fingerprint density at radius 2 is 1.77 bits per heavy atom. The van der Waals surface area contributed by atoms with Crippen LogP contribution >= 0.6 is 0 Å². The smallest absolute Gasteiger partial charge is 0.261 e. The molecule has 1 heterocycles. The van der Waals surface area contributed by atoms with Gasteiger partial charge in [0.1, 0.15) is 28.7 Å². The number of carbonyl (C=O) groups excluding carboxylic acids is 1. The Morgan fingerprint density at radius 3 is 2.38 bits per heavy atom. The molecule has 1 amide bonds. The quantitative estimate of drug-likeness (QED) is 0.689. The van der Waals surface area contributed by atoms with E-state index in [0.717, 1.165) is 42.0 Å². The number of hydrogen-bond donors (Lipinski definition) is 1. The van der Waals surface area contributed by atoms with Gasteiger partial charge in [0.05, 0.1) is 0 Å². The van der Waals surface area contributed by atoms with Crippen LogP contribution in [-0.4, -0.2) is 10.9 Å². The van der Waals surface area contributed by atoms with Gasteiger partial charge in [0.2, 0.25) is 0 Å². The first kappa shape index (κ1) is 17.8. The number of nitrogens with zero attached hydrogens (tertiary/aromatic N) is 1. The second-order valence-electron chi connectivity index (χ2n) is 5.89. The highest BCUT2D eigenvalue weighted by Crippen LogP contribution is 2.25. The molecular weight excluding hydrogens is 338 g/mol. The van der Waals surface area contributed by atoms with Crippen molar-refractivity contribution < 1.29 is 18.0 Å². The first-order chi connectivity index (χ1) is 12.5. The van der Waals surface area contributed by atoms with E-state index in [2.05, 4.69) is 17.2 Å². The van der Waals surface area contributed by atoms with Crippen LogP contribution in [0.15, 0.2) is 46.9 Å². The first-order valence-corrected chi connectivity index (χ1v) is 8.31. The molecule has 0 saturated carbocycles. The lowest BCUT2D eigenvalue weighted by atomic mass is 10.1. The summed E-state index contributed by atoms with van der Waals surface area (Å²) in [6.07, 6.45) is 1.71. The van der Waals surface area contributed by atoms with E-state index in [1.54, 1.807) is 24.3 Å². The third-order valence-electron chi connectivity index (χ3n) is 3.91. The Labute approximate surface area is 149 Å². The number of nitrogens with one attached hydrogen (secondary N) is 1. The summed E-state index contributed by atoms with van der Waals surface area (Å²) < 4.78 is 33.0. The number of carbonyl (C=O) groups is 1. The summed E-state index contributed by atoms with van der Waals surface area (Å²) in [5, 5.41) is 2.50. The molecule has 1 N–H and O–H groups in total. The van der Waals surface area contributed by atoms with Gasteiger partial charge in [-0.3, -0.25) is 4.79 Å². The van der Waals surface area contributed by atoms with Gasteiger partial charge >= 0.3 is 0 Å². The summed E-state index contributed by atoms with van der Waals surface area (Å²) in [7, 11) is 0. The molecule has 26 heavy (non-hydrogen) atoms. The van der Waals surface area contributed by atoms with Crippen LogP contribution in [0.3, 0.4) is 0 Å². The molecule has 0 aliphatic rings. The van der Waals surface area contributed by atoms with Gasteiger partial charge < -0.3 is 9.73 Å². The predicted octanol–water partition coefficient (Wildman–Crippen LogP) is 5.13. The van der Waals surface area contributed by atoms with Gasteiger partial charge in [-0.25, -0.2) is 13.8 Å². The molecule has 0 aliphatic heterocycles. The molecule has 3 aromatic rings. The molecule has 0 fully saturated rings. The molecular formula is C20H18F2N2O2. The highest BCUT2D eigenvalue weighted by Gasteiger charge is 2.17. The molecule has 2 aromatic carbocycles. The van der Waals surface area contributed by atoms with Crippen LogP contribution in [0.5, 0.6) is 0 Å². The summed E-state index contributed by atoms with van der Waals surface area (Å²) in [6.45, 7) is 3.90. The van der Waals surface area contributed by atoms with Gasteiger partial charge in [-0.2, -0.15) is 0 Å². The number of benzene rings is 2. The summed E-state index contributed by atoms with van der Waals surface area (Å²) in [6, 6.07) is 10.1. The molecule has 0 bridgehead atoms. The zero-order chi connectivity index (χ0) is 18.7. The number of aryl methyl sites for hydroxylation is 2. The summed E-state index contributed by atoms with van der Waals surface area (Å²) >= 11 is 0. The lowest BCUT2D eigenvalue weighted by molar-refractivity contribution is 0.101. The van der Waals surface area contributed by atoms with Crippen LogP contribution in [0.2, 0.25) is 0 Å². The van der Waals surface area contributed by atoms with Gasteiger partial charge in [-0.1, -0.05) is 25.1 Å². The minimum Gasteiger partial charge on any atom is -0.445 e. The lowest BCUT2D eigenvalue weighted by Crippen LogP contribution is -2.15. The van der Waals surface area contributed by atoms with Crippen molar-refractivity contribution in [2.45, 2.75) is 26.7 Å². The third kappa shape index (κ3) is 3.64. The zero-order valence-electron chi connectivity index (χ0n) is 14.5. The Balaban J connectivity index is 1.79. The maximum absolute atomic E-state index is 13.7. The van der Waals surface area contributed by atoms with E-state index in [9.17, 15) is 13.6 Å². The van der Waals surface area contributed by atoms with Crippen molar-refractivity contribution in [3.8, 4) is 11.3 Å². The minimum absolute atomic E-state index is 0.427. The number of aromatic nitrogens is 1. The molecule has 0 unspecified atom stereocenters. The van der Waals surface area contributed by atoms with E-state index >= 15 is 0 Å². The van der Waals surface area contributed by atoms with Crippen LogP contribution in [0, 0.1) is 18.6 Å². The number of amides is 1. The van der Waals surface area contributed by atoms with E-state index < -0.39 is 23.1 Å². The number of rotatable bonds is 5. The van der Waals surface area contributed by atoms with Gasteiger partial charge in [-0.15, -0.1) is 0 Å². The van der Waals surface area contributed by atoms with Gasteiger partial charge in [0.25, 0.3) is 5.91 Å². The van der Waals surface area contributed by atoms with Gasteiger partial charge in [0, 0.05) is 17.7 Å². The molecule has 1 aromatic heterocycles. The molecule has 0 spiro atoms. The van der Waals surface area contributed by atoms with Crippen LogP contribution < -0.4 is 5.32 Å². The van der Waals surface area contributed by atoms with E-state index in [1.807, 2.05) is 6.92 Å². The Bertz CT molecular complexity index is 913. The average Bonchev–Trinajstić information content (AvgIpc) is 2.96. The normalized spacial score (nSPS) is 10.8. The van der Waals surface area contributed by atoms with Crippen LogP contribution in [0.1, 0.15) is 35.4 Å². The molecule has 0 aliphatic carbocycles. The van der Waals surface area contributed by atoms with Crippen LogP contribution in [-0.2, 0) is 6.42 Å². The largest absolute Gasteiger partial charge is 0.445 e. The Kier molecular flexibility index (Phi) is 5.11. The van der Waals surface area contributed by atoms with E-state index in [4.69, 9.17) is 4.42 Å². The average molecular weight is 356 g/mol. The van der Waals surface area contributed by atoms with Crippen molar-refractivity contribution in [3.63, 3.8) is 0 Å². The monoisotopic (exact) mass is 356 g/mol. The molecule has 0 radical (unpaired) electrons. The lowest BCUT2D eigenvalue weighted by Gasteiger charge is -2.07. The van der Waals surface area contributed by atoms with E-state index in [-0.39, 0.29) is 0 Å². The van der Waals surface area contributed by atoms with Crippen molar-refractivity contribution in [1.82, 2.24) is 4.98 Å². The van der Waals surface area contributed by atoms with Crippen molar-refractivity contribution in [1.29, 1.82) is 0 Å². The van der Waals surface area contributed by atoms with Crippen molar-refractivity contribution in [2.75, 3.05) is 5.32 Å².